The molecule has 3 aromatic rings. The number of carbonyl (C=O) groups is 2. The Morgan fingerprint density at radius 1 is 0.567 bits per heavy atom. The molecule has 1 heterocycles. The van der Waals surface area contributed by atoms with E-state index in [1.807, 2.05) is 91.0 Å². The summed E-state index contributed by atoms with van der Waals surface area (Å²) in [6.07, 6.45) is 4.26. The second kappa shape index (κ2) is 7.75. The molecule has 1 saturated heterocycles. The van der Waals surface area contributed by atoms with Gasteiger partial charge in [0.1, 0.15) is 0 Å². The highest BCUT2D eigenvalue weighted by Crippen LogP contribution is 2.49. The Bertz CT molecular complexity index is 1010. The smallest absolute Gasteiger partial charge is 0.234 e. The summed E-state index contributed by atoms with van der Waals surface area (Å²) < 4.78 is 0. The van der Waals surface area contributed by atoms with Crippen LogP contribution in [-0.2, 0) is 16.1 Å². The lowest BCUT2D eigenvalue weighted by Gasteiger charge is -2.32. The number of likely N-dealkylation sites (tertiary alicyclic amines) is 1. The summed E-state index contributed by atoms with van der Waals surface area (Å²) >= 11 is 0. The summed E-state index contributed by atoms with van der Waals surface area (Å²) in [5.74, 6) is -1.06. The van der Waals surface area contributed by atoms with Crippen molar-refractivity contribution in [1.82, 2.24) is 4.90 Å². The monoisotopic (exact) mass is 393 g/mol. The van der Waals surface area contributed by atoms with Crippen molar-refractivity contribution in [3.8, 4) is 0 Å². The quantitative estimate of drug-likeness (QED) is 0.466. The second-order valence-electron chi connectivity index (χ2n) is 8.06. The molecule has 3 nitrogen and oxygen atoms in total. The zero-order valence-electron chi connectivity index (χ0n) is 16.6. The lowest BCUT2D eigenvalue weighted by atomic mass is 9.68. The number of allylic oxidation sites excluding steroid dienone is 2. The minimum Gasteiger partial charge on any atom is -0.278 e. The number of rotatable bonds is 4. The normalized spacial score (nSPS) is 25.4. The van der Waals surface area contributed by atoms with E-state index in [2.05, 4.69) is 12.2 Å². The molecule has 0 radical (unpaired) electrons. The highest BCUT2D eigenvalue weighted by Gasteiger charge is 2.54. The number of hydrogen-bond acceptors (Lipinski definition) is 2. The van der Waals surface area contributed by atoms with Gasteiger partial charge in [-0.2, -0.15) is 0 Å². The van der Waals surface area contributed by atoms with Crippen molar-refractivity contribution in [2.45, 2.75) is 18.4 Å². The third kappa shape index (κ3) is 3.17. The fraction of sp³-hybridized carbons (Fsp3) is 0.185. The molecular formula is C27H23NO2. The van der Waals surface area contributed by atoms with Gasteiger partial charge in [0.25, 0.3) is 0 Å². The van der Waals surface area contributed by atoms with Gasteiger partial charge in [0.05, 0.1) is 18.4 Å². The summed E-state index contributed by atoms with van der Waals surface area (Å²) in [6.45, 7) is 0.328. The molecule has 0 spiro atoms. The molecule has 148 valence electrons. The summed E-state index contributed by atoms with van der Waals surface area (Å²) in [6, 6.07) is 29.9. The van der Waals surface area contributed by atoms with E-state index in [1.54, 1.807) is 0 Å². The predicted molar refractivity (Wildman–Crippen MR) is 116 cm³/mol. The Kier molecular flexibility index (Phi) is 4.80. The van der Waals surface area contributed by atoms with Gasteiger partial charge in [-0.1, -0.05) is 103 Å². The summed E-state index contributed by atoms with van der Waals surface area (Å²) in [5.41, 5.74) is 3.13. The van der Waals surface area contributed by atoms with Crippen molar-refractivity contribution >= 4 is 11.8 Å². The van der Waals surface area contributed by atoms with E-state index in [4.69, 9.17) is 0 Å². The number of fused-ring (bicyclic) bond motifs is 1. The highest BCUT2D eigenvalue weighted by atomic mass is 16.2. The first kappa shape index (κ1) is 18.6. The first-order valence-corrected chi connectivity index (χ1v) is 10.4. The average molecular weight is 393 g/mol. The van der Waals surface area contributed by atoms with E-state index in [0.717, 1.165) is 16.7 Å². The van der Waals surface area contributed by atoms with Gasteiger partial charge in [0.15, 0.2) is 0 Å². The van der Waals surface area contributed by atoms with Crippen molar-refractivity contribution in [2.75, 3.05) is 0 Å². The Hall–Kier alpha value is -3.46. The summed E-state index contributed by atoms with van der Waals surface area (Å²) in [7, 11) is 0. The molecule has 1 fully saturated rings. The largest absolute Gasteiger partial charge is 0.278 e. The van der Waals surface area contributed by atoms with Crippen LogP contribution in [0.3, 0.4) is 0 Å². The van der Waals surface area contributed by atoms with E-state index in [9.17, 15) is 9.59 Å². The molecule has 1 aliphatic carbocycles. The maximum Gasteiger partial charge on any atom is 0.234 e. The van der Waals surface area contributed by atoms with Crippen LogP contribution in [0, 0.1) is 11.8 Å². The van der Waals surface area contributed by atoms with E-state index in [0.29, 0.717) is 6.54 Å². The standard InChI is InChI=1S/C27H23NO2/c29-26-24-22(20-12-6-2-7-13-20)16-17-23(21-14-8-3-9-15-21)25(24)27(30)28(26)18-19-10-4-1-5-11-19/h1-17,22-25H,18H2/t22-,23-,24+,25+/m1/s1. The van der Waals surface area contributed by atoms with Gasteiger partial charge < -0.3 is 0 Å². The zero-order chi connectivity index (χ0) is 20.5. The molecular weight excluding hydrogens is 370 g/mol. The Balaban J connectivity index is 1.57. The molecule has 0 saturated carbocycles. The topological polar surface area (TPSA) is 37.4 Å². The van der Waals surface area contributed by atoms with Crippen LogP contribution in [0.5, 0.6) is 0 Å². The molecule has 0 N–H and O–H groups in total. The van der Waals surface area contributed by atoms with Gasteiger partial charge in [-0.25, -0.2) is 0 Å². The van der Waals surface area contributed by atoms with Gasteiger partial charge in [-0.05, 0) is 16.7 Å². The van der Waals surface area contributed by atoms with Crippen molar-refractivity contribution in [3.63, 3.8) is 0 Å². The SMILES string of the molecule is O=C1[C@@H]2[C@@H](C(=O)N1Cc1ccccc1)[C@@H](c1ccccc1)C=C[C@@H]2c1ccccc1. The number of benzene rings is 3. The predicted octanol–water partition coefficient (Wildman–Crippen LogP) is 4.93. The fourth-order valence-corrected chi connectivity index (χ4v) is 4.92. The zero-order valence-corrected chi connectivity index (χ0v) is 16.6. The maximum atomic E-state index is 13.6. The van der Waals surface area contributed by atoms with Gasteiger partial charge in [-0.3, -0.25) is 14.5 Å². The third-order valence-corrected chi connectivity index (χ3v) is 6.34. The van der Waals surface area contributed by atoms with Crippen LogP contribution < -0.4 is 0 Å². The number of hydrogen-bond donors (Lipinski definition) is 0. The number of imide groups is 1. The third-order valence-electron chi connectivity index (χ3n) is 6.34. The summed E-state index contributed by atoms with van der Waals surface area (Å²) in [4.78, 5) is 28.6. The summed E-state index contributed by atoms with van der Waals surface area (Å²) in [5, 5.41) is 0. The first-order valence-electron chi connectivity index (χ1n) is 10.4. The van der Waals surface area contributed by atoms with E-state index >= 15 is 0 Å². The average Bonchev–Trinajstić information content (AvgIpc) is 3.06. The van der Waals surface area contributed by atoms with Crippen molar-refractivity contribution in [2.24, 2.45) is 11.8 Å². The molecule has 30 heavy (non-hydrogen) atoms. The van der Waals surface area contributed by atoms with Crippen LogP contribution in [-0.4, -0.2) is 16.7 Å². The number of nitrogens with zero attached hydrogens (tertiary/aromatic N) is 1. The van der Waals surface area contributed by atoms with Crippen LogP contribution in [0.2, 0.25) is 0 Å². The Morgan fingerprint density at radius 3 is 1.40 bits per heavy atom. The minimum atomic E-state index is -0.376. The van der Waals surface area contributed by atoms with Crippen LogP contribution >= 0.6 is 0 Å². The number of amides is 2. The van der Waals surface area contributed by atoms with Crippen LogP contribution in [0.15, 0.2) is 103 Å². The van der Waals surface area contributed by atoms with E-state index in [1.165, 1.54) is 4.90 Å². The molecule has 0 unspecified atom stereocenters. The van der Waals surface area contributed by atoms with Crippen molar-refractivity contribution in [1.29, 1.82) is 0 Å². The minimum absolute atomic E-state index is 0.0620. The van der Waals surface area contributed by atoms with Crippen molar-refractivity contribution in [3.05, 3.63) is 120 Å². The Labute approximate surface area is 176 Å². The second-order valence-corrected chi connectivity index (χ2v) is 8.06. The molecule has 3 heteroatoms. The highest BCUT2D eigenvalue weighted by molar-refractivity contribution is 6.06. The van der Waals surface area contributed by atoms with Crippen LogP contribution in [0.1, 0.15) is 28.5 Å². The Morgan fingerprint density at radius 2 is 0.967 bits per heavy atom. The van der Waals surface area contributed by atoms with Gasteiger partial charge in [0.2, 0.25) is 11.8 Å². The van der Waals surface area contributed by atoms with Gasteiger partial charge in [0, 0.05) is 11.8 Å². The molecule has 0 bridgehead atoms. The lowest BCUT2D eigenvalue weighted by Crippen LogP contribution is -2.31. The molecule has 5 rings (SSSR count). The molecule has 4 atom stereocenters. The molecule has 0 aromatic heterocycles. The van der Waals surface area contributed by atoms with E-state index < -0.39 is 0 Å². The maximum absolute atomic E-state index is 13.6. The van der Waals surface area contributed by atoms with Gasteiger partial charge >= 0.3 is 0 Å². The molecule has 1 aliphatic heterocycles. The van der Waals surface area contributed by atoms with Crippen LogP contribution in [0.25, 0.3) is 0 Å². The number of carbonyl (C=O) groups excluding carboxylic acids is 2. The lowest BCUT2D eigenvalue weighted by molar-refractivity contribution is -0.140. The van der Waals surface area contributed by atoms with Crippen molar-refractivity contribution < 1.29 is 9.59 Å². The fourth-order valence-electron chi connectivity index (χ4n) is 4.92. The molecule has 2 aliphatic rings. The molecule has 2 amide bonds. The van der Waals surface area contributed by atoms with E-state index in [-0.39, 0.29) is 35.5 Å². The van der Waals surface area contributed by atoms with Crippen LogP contribution in [0.4, 0.5) is 0 Å². The molecule has 3 aromatic carbocycles. The van der Waals surface area contributed by atoms with Gasteiger partial charge in [-0.15, -0.1) is 0 Å². The first-order chi connectivity index (χ1) is 14.7.